The lowest BCUT2D eigenvalue weighted by atomic mass is 10.2. The zero-order chi connectivity index (χ0) is 18.6. The predicted octanol–water partition coefficient (Wildman–Crippen LogP) is 4.47. The molecule has 2 aromatic heterocycles. The molecule has 0 saturated heterocycles. The van der Waals surface area contributed by atoms with Gasteiger partial charge >= 0.3 is 0 Å². The number of rotatable bonds is 6. The number of para-hydroxylation sites is 1. The van der Waals surface area contributed by atoms with Gasteiger partial charge in [-0.15, -0.1) is 11.3 Å². The van der Waals surface area contributed by atoms with Crippen LogP contribution in [0.25, 0.3) is 22.6 Å². The number of ether oxygens (including phenoxy) is 2. The molecule has 0 aliphatic carbocycles. The molecule has 0 amide bonds. The number of thiazole rings is 1. The monoisotopic (exact) mass is 379 g/mol. The van der Waals surface area contributed by atoms with Crippen molar-refractivity contribution in [2.45, 2.75) is 6.42 Å². The van der Waals surface area contributed by atoms with Crippen molar-refractivity contribution in [2.24, 2.45) is 0 Å². The standard InChI is InChI=1S/C20H17N3O3S/c1-24-14-7-5-6-13(10-14)16-12-27-19(21-16)11-18-22-20(23-26-18)15-8-3-4-9-17(15)25-2/h3-10,12H,11H2,1-2H3. The molecule has 0 atom stereocenters. The Labute approximate surface area is 160 Å². The van der Waals surface area contributed by atoms with E-state index in [1.165, 1.54) is 0 Å². The zero-order valence-electron chi connectivity index (χ0n) is 14.9. The summed E-state index contributed by atoms with van der Waals surface area (Å²) in [5.41, 5.74) is 2.71. The molecule has 0 unspecified atom stereocenters. The fourth-order valence-corrected chi connectivity index (χ4v) is 3.50. The van der Waals surface area contributed by atoms with Crippen molar-refractivity contribution >= 4 is 11.3 Å². The van der Waals surface area contributed by atoms with Crippen molar-refractivity contribution in [3.8, 4) is 34.1 Å². The molecule has 0 fully saturated rings. The SMILES string of the molecule is COc1cccc(-c2csc(Cc3nc(-c4ccccc4OC)no3)n2)c1. The maximum absolute atomic E-state index is 5.40. The molecule has 0 radical (unpaired) electrons. The van der Waals surface area contributed by atoms with Gasteiger partial charge in [-0.1, -0.05) is 29.4 Å². The van der Waals surface area contributed by atoms with E-state index < -0.39 is 0 Å². The molecule has 0 saturated carbocycles. The summed E-state index contributed by atoms with van der Waals surface area (Å²) in [5.74, 6) is 2.54. The van der Waals surface area contributed by atoms with Gasteiger partial charge in [0.1, 0.15) is 16.5 Å². The van der Waals surface area contributed by atoms with Crippen molar-refractivity contribution in [1.29, 1.82) is 0 Å². The van der Waals surface area contributed by atoms with E-state index in [1.54, 1.807) is 25.6 Å². The summed E-state index contributed by atoms with van der Waals surface area (Å²) in [6.07, 6.45) is 0.483. The van der Waals surface area contributed by atoms with Gasteiger partial charge in [0.15, 0.2) is 0 Å². The smallest absolute Gasteiger partial charge is 0.233 e. The molecular weight excluding hydrogens is 362 g/mol. The highest BCUT2D eigenvalue weighted by molar-refractivity contribution is 7.10. The average Bonchev–Trinajstić information content (AvgIpc) is 3.38. The van der Waals surface area contributed by atoms with Crippen LogP contribution < -0.4 is 9.47 Å². The van der Waals surface area contributed by atoms with Crippen LogP contribution >= 0.6 is 11.3 Å². The van der Waals surface area contributed by atoms with Crippen LogP contribution in [0.15, 0.2) is 58.4 Å². The lowest BCUT2D eigenvalue weighted by Gasteiger charge is -2.02. The number of methoxy groups -OCH3 is 2. The lowest BCUT2D eigenvalue weighted by molar-refractivity contribution is 0.384. The van der Waals surface area contributed by atoms with Crippen molar-refractivity contribution in [3.63, 3.8) is 0 Å². The summed E-state index contributed by atoms with van der Waals surface area (Å²) in [7, 11) is 3.27. The number of benzene rings is 2. The first kappa shape index (κ1) is 17.2. The van der Waals surface area contributed by atoms with Gasteiger partial charge < -0.3 is 14.0 Å². The van der Waals surface area contributed by atoms with Gasteiger partial charge in [-0.3, -0.25) is 0 Å². The fourth-order valence-electron chi connectivity index (χ4n) is 2.70. The van der Waals surface area contributed by atoms with Crippen LogP contribution in [0.5, 0.6) is 11.5 Å². The highest BCUT2D eigenvalue weighted by atomic mass is 32.1. The minimum atomic E-state index is 0.483. The highest BCUT2D eigenvalue weighted by Crippen LogP contribution is 2.29. The van der Waals surface area contributed by atoms with E-state index in [0.717, 1.165) is 27.6 Å². The third kappa shape index (κ3) is 3.68. The van der Waals surface area contributed by atoms with Crippen LogP contribution in [0.3, 0.4) is 0 Å². The van der Waals surface area contributed by atoms with Crippen LogP contribution in [0, 0.1) is 0 Å². The molecule has 27 heavy (non-hydrogen) atoms. The van der Waals surface area contributed by atoms with Gasteiger partial charge in [-0.05, 0) is 24.3 Å². The Morgan fingerprint density at radius 1 is 1.00 bits per heavy atom. The molecule has 4 rings (SSSR count). The Hall–Kier alpha value is -3.19. The van der Waals surface area contributed by atoms with Crippen LogP contribution in [-0.2, 0) is 6.42 Å². The molecule has 0 N–H and O–H groups in total. The quantitative estimate of drug-likeness (QED) is 0.492. The van der Waals surface area contributed by atoms with Gasteiger partial charge in [-0.2, -0.15) is 4.98 Å². The van der Waals surface area contributed by atoms with Crippen molar-refractivity contribution in [3.05, 3.63) is 64.8 Å². The van der Waals surface area contributed by atoms with E-state index in [4.69, 9.17) is 14.0 Å². The molecule has 2 aromatic carbocycles. The number of hydrogen-bond donors (Lipinski definition) is 0. The fraction of sp³-hybridized carbons (Fsp3) is 0.150. The molecule has 136 valence electrons. The summed E-state index contributed by atoms with van der Waals surface area (Å²) >= 11 is 1.56. The molecule has 6 nitrogen and oxygen atoms in total. The predicted molar refractivity (Wildman–Crippen MR) is 103 cm³/mol. The molecule has 0 aliphatic heterocycles. The van der Waals surface area contributed by atoms with E-state index in [1.807, 2.05) is 53.9 Å². The van der Waals surface area contributed by atoms with Crippen LogP contribution in [0.2, 0.25) is 0 Å². The van der Waals surface area contributed by atoms with E-state index >= 15 is 0 Å². The third-order valence-corrected chi connectivity index (χ3v) is 4.88. The zero-order valence-corrected chi connectivity index (χ0v) is 15.7. The number of aromatic nitrogens is 3. The second-order valence-corrected chi connectivity index (χ2v) is 6.69. The van der Waals surface area contributed by atoms with Crippen LogP contribution in [0.4, 0.5) is 0 Å². The maximum Gasteiger partial charge on any atom is 0.233 e. The summed E-state index contributed by atoms with van der Waals surface area (Å²) < 4.78 is 16.0. The Bertz CT molecular complexity index is 1060. The number of hydrogen-bond acceptors (Lipinski definition) is 7. The van der Waals surface area contributed by atoms with Crippen molar-refractivity contribution < 1.29 is 14.0 Å². The minimum Gasteiger partial charge on any atom is -0.497 e. The van der Waals surface area contributed by atoms with Crippen molar-refractivity contribution in [1.82, 2.24) is 15.1 Å². The van der Waals surface area contributed by atoms with Crippen LogP contribution in [-0.4, -0.2) is 29.3 Å². The summed E-state index contributed by atoms with van der Waals surface area (Å²) in [5, 5.41) is 6.99. The highest BCUT2D eigenvalue weighted by Gasteiger charge is 2.15. The summed E-state index contributed by atoms with van der Waals surface area (Å²) in [6, 6.07) is 15.4. The van der Waals surface area contributed by atoms with Gasteiger partial charge in [0.2, 0.25) is 11.7 Å². The minimum absolute atomic E-state index is 0.483. The van der Waals surface area contributed by atoms with Gasteiger partial charge in [0.05, 0.1) is 31.9 Å². The van der Waals surface area contributed by atoms with Crippen molar-refractivity contribution in [2.75, 3.05) is 14.2 Å². The maximum atomic E-state index is 5.40. The molecule has 0 bridgehead atoms. The molecule has 7 heteroatoms. The van der Waals surface area contributed by atoms with Gasteiger partial charge in [0, 0.05) is 10.9 Å². The van der Waals surface area contributed by atoms with E-state index in [9.17, 15) is 0 Å². The summed E-state index contributed by atoms with van der Waals surface area (Å²) in [4.78, 5) is 9.16. The Morgan fingerprint density at radius 3 is 2.74 bits per heavy atom. The second kappa shape index (κ2) is 7.59. The molecular formula is C20H17N3O3S. The topological polar surface area (TPSA) is 70.3 Å². The van der Waals surface area contributed by atoms with E-state index in [0.29, 0.717) is 23.9 Å². The summed E-state index contributed by atoms with van der Waals surface area (Å²) in [6.45, 7) is 0. The first-order chi connectivity index (χ1) is 13.3. The third-order valence-electron chi connectivity index (χ3n) is 4.04. The first-order valence-corrected chi connectivity index (χ1v) is 9.19. The molecule has 0 aliphatic rings. The Morgan fingerprint density at radius 2 is 1.89 bits per heavy atom. The second-order valence-electron chi connectivity index (χ2n) is 5.75. The first-order valence-electron chi connectivity index (χ1n) is 8.31. The van der Waals surface area contributed by atoms with Gasteiger partial charge in [0.25, 0.3) is 0 Å². The van der Waals surface area contributed by atoms with E-state index in [2.05, 4.69) is 15.1 Å². The normalized spacial score (nSPS) is 10.7. The van der Waals surface area contributed by atoms with E-state index in [-0.39, 0.29) is 0 Å². The molecule has 0 spiro atoms. The van der Waals surface area contributed by atoms with Crippen LogP contribution in [0.1, 0.15) is 10.9 Å². The lowest BCUT2D eigenvalue weighted by Crippen LogP contribution is -1.90. The Balaban J connectivity index is 1.54. The molecule has 4 aromatic rings. The number of nitrogens with zero attached hydrogens (tertiary/aromatic N) is 3. The largest absolute Gasteiger partial charge is 0.497 e. The average molecular weight is 379 g/mol. The molecule has 2 heterocycles. The Kier molecular flexibility index (Phi) is 4.84. The van der Waals surface area contributed by atoms with Gasteiger partial charge in [-0.25, -0.2) is 4.98 Å².